The van der Waals surface area contributed by atoms with Gasteiger partial charge in [0.15, 0.2) is 11.6 Å². The van der Waals surface area contributed by atoms with Gasteiger partial charge in [-0.1, -0.05) is 60.7 Å². The number of fused-ring (bicyclic) bond motifs is 3. The molecule has 3 aromatic carbocycles. The van der Waals surface area contributed by atoms with Gasteiger partial charge in [-0.25, -0.2) is 18.0 Å². The van der Waals surface area contributed by atoms with Crippen molar-refractivity contribution >= 4 is 12.2 Å². The number of nitrogens with one attached hydrogen (secondary N) is 1. The molecule has 0 unspecified atom stereocenters. The first-order valence-corrected chi connectivity index (χ1v) is 9.44. The van der Waals surface area contributed by atoms with Crippen LogP contribution in [0, 0.1) is 17.5 Å². The highest BCUT2D eigenvalue weighted by Crippen LogP contribution is 2.44. The van der Waals surface area contributed by atoms with E-state index in [2.05, 4.69) is 5.32 Å². The van der Waals surface area contributed by atoms with Crippen molar-refractivity contribution in [1.29, 1.82) is 0 Å². The van der Waals surface area contributed by atoms with Gasteiger partial charge in [-0.2, -0.15) is 0 Å². The van der Waals surface area contributed by atoms with Gasteiger partial charge in [0.25, 0.3) is 0 Å². The molecule has 4 rings (SSSR count). The van der Waals surface area contributed by atoms with Gasteiger partial charge in [0, 0.05) is 24.1 Å². The quantitative estimate of drug-likeness (QED) is 0.553. The molecule has 30 heavy (non-hydrogen) atoms. The van der Waals surface area contributed by atoms with Gasteiger partial charge in [-0.05, 0) is 28.3 Å². The Kier molecular flexibility index (Phi) is 5.57. The van der Waals surface area contributed by atoms with Crippen LogP contribution in [0.4, 0.5) is 18.0 Å². The lowest BCUT2D eigenvalue weighted by atomic mass is 9.98. The zero-order chi connectivity index (χ0) is 21.1. The van der Waals surface area contributed by atoms with Crippen LogP contribution in [0.2, 0.25) is 0 Å². The minimum absolute atomic E-state index is 0.0221. The van der Waals surface area contributed by atoms with E-state index in [1.807, 2.05) is 48.5 Å². The van der Waals surface area contributed by atoms with Crippen LogP contribution in [0.25, 0.3) is 17.2 Å². The van der Waals surface area contributed by atoms with Crippen LogP contribution >= 0.6 is 0 Å². The molecule has 0 heterocycles. The summed E-state index contributed by atoms with van der Waals surface area (Å²) >= 11 is 0. The smallest absolute Gasteiger partial charge is 0.407 e. The van der Waals surface area contributed by atoms with E-state index in [9.17, 15) is 18.0 Å². The summed E-state index contributed by atoms with van der Waals surface area (Å²) in [7, 11) is 0. The Balaban J connectivity index is 1.35. The van der Waals surface area contributed by atoms with Gasteiger partial charge in [0.05, 0.1) is 0 Å². The van der Waals surface area contributed by atoms with Crippen molar-refractivity contribution < 1.29 is 22.7 Å². The van der Waals surface area contributed by atoms with Gasteiger partial charge in [-0.15, -0.1) is 0 Å². The van der Waals surface area contributed by atoms with E-state index in [4.69, 9.17) is 4.74 Å². The van der Waals surface area contributed by atoms with Crippen molar-refractivity contribution in [3.05, 3.63) is 101 Å². The number of hydrogen-bond donors (Lipinski definition) is 1. The molecule has 0 aliphatic heterocycles. The molecule has 0 aromatic heterocycles. The molecule has 1 aliphatic rings. The van der Waals surface area contributed by atoms with Gasteiger partial charge >= 0.3 is 6.09 Å². The SMILES string of the molecule is O=C(NCC=Cc1cc(F)cc(F)c1F)OCC1c2ccccc2-c2ccccc21. The summed E-state index contributed by atoms with van der Waals surface area (Å²) in [5.41, 5.74) is 4.25. The van der Waals surface area contributed by atoms with E-state index in [-0.39, 0.29) is 24.6 Å². The number of benzene rings is 3. The summed E-state index contributed by atoms with van der Waals surface area (Å²) < 4.78 is 45.3. The fourth-order valence-corrected chi connectivity index (χ4v) is 3.67. The van der Waals surface area contributed by atoms with Crippen LogP contribution in [0.3, 0.4) is 0 Å². The zero-order valence-electron chi connectivity index (χ0n) is 15.9. The maximum atomic E-state index is 13.6. The number of carbonyl (C=O) groups is 1. The van der Waals surface area contributed by atoms with Crippen molar-refractivity contribution in [2.45, 2.75) is 5.92 Å². The molecular formula is C24H18F3NO2. The van der Waals surface area contributed by atoms with Crippen molar-refractivity contribution in [3.63, 3.8) is 0 Å². The maximum absolute atomic E-state index is 13.6. The highest BCUT2D eigenvalue weighted by Gasteiger charge is 2.28. The first-order chi connectivity index (χ1) is 14.5. The molecule has 0 saturated carbocycles. The summed E-state index contributed by atoms with van der Waals surface area (Å²) in [6.45, 7) is 0.196. The molecule has 6 heteroatoms. The largest absolute Gasteiger partial charge is 0.449 e. The van der Waals surface area contributed by atoms with Gasteiger partial charge in [0.2, 0.25) is 0 Å². The molecule has 0 radical (unpaired) electrons. The van der Waals surface area contributed by atoms with Crippen molar-refractivity contribution in [3.8, 4) is 11.1 Å². The molecule has 0 saturated heterocycles. The maximum Gasteiger partial charge on any atom is 0.407 e. The second-order valence-corrected chi connectivity index (χ2v) is 6.90. The number of hydrogen-bond acceptors (Lipinski definition) is 2. The Morgan fingerprint density at radius 2 is 1.60 bits per heavy atom. The average molecular weight is 409 g/mol. The van der Waals surface area contributed by atoms with Crippen LogP contribution in [0.5, 0.6) is 0 Å². The van der Waals surface area contributed by atoms with Crippen LogP contribution in [0.15, 0.2) is 66.7 Å². The number of amides is 1. The molecule has 0 fully saturated rings. The third-order valence-electron chi connectivity index (χ3n) is 5.03. The molecule has 1 aliphatic carbocycles. The van der Waals surface area contributed by atoms with E-state index >= 15 is 0 Å². The summed E-state index contributed by atoms with van der Waals surface area (Å²) in [6.07, 6.45) is 1.96. The van der Waals surface area contributed by atoms with Gasteiger partial charge in [0.1, 0.15) is 12.4 Å². The Hall–Kier alpha value is -3.54. The van der Waals surface area contributed by atoms with Crippen molar-refractivity contribution in [2.24, 2.45) is 0 Å². The Labute approximate surface area is 171 Å². The average Bonchev–Trinajstić information content (AvgIpc) is 3.07. The second-order valence-electron chi connectivity index (χ2n) is 6.90. The Morgan fingerprint density at radius 1 is 0.967 bits per heavy atom. The summed E-state index contributed by atoms with van der Waals surface area (Å²) in [5, 5.41) is 2.52. The van der Waals surface area contributed by atoms with E-state index in [1.165, 1.54) is 12.2 Å². The van der Waals surface area contributed by atoms with Crippen LogP contribution in [-0.2, 0) is 4.74 Å². The standard InChI is InChI=1S/C24H18F3NO2/c25-16-12-15(23(27)22(26)13-16)6-5-11-28-24(29)30-14-21-19-9-3-1-7-17(19)18-8-2-4-10-20(18)21/h1-10,12-13,21H,11,14H2,(H,28,29). The highest BCUT2D eigenvalue weighted by atomic mass is 19.2. The summed E-state index contributed by atoms with van der Waals surface area (Å²) in [4.78, 5) is 12.0. The fraction of sp³-hybridized carbons (Fsp3) is 0.125. The van der Waals surface area contributed by atoms with Crippen molar-refractivity contribution in [1.82, 2.24) is 5.32 Å². The predicted octanol–water partition coefficient (Wildman–Crippen LogP) is 5.66. The van der Waals surface area contributed by atoms with Crippen LogP contribution in [0.1, 0.15) is 22.6 Å². The Morgan fingerprint density at radius 3 is 2.27 bits per heavy atom. The third kappa shape index (κ3) is 3.94. The first kappa shape index (κ1) is 19.8. The van der Waals surface area contributed by atoms with Crippen LogP contribution < -0.4 is 5.32 Å². The fourth-order valence-electron chi connectivity index (χ4n) is 3.67. The number of ether oxygens (including phenoxy) is 1. The topological polar surface area (TPSA) is 38.3 Å². The molecule has 1 amide bonds. The lowest BCUT2D eigenvalue weighted by Crippen LogP contribution is -2.26. The molecular weight excluding hydrogens is 391 g/mol. The molecule has 152 valence electrons. The van der Waals surface area contributed by atoms with E-state index in [0.717, 1.165) is 28.3 Å². The number of rotatable bonds is 5. The first-order valence-electron chi connectivity index (χ1n) is 9.44. The molecule has 3 aromatic rings. The summed E-state index contributed by atoms with van der Waals surface area (Å²) in [6, 6.07) is 17.4. The lowest BCUT2D eigenvalue weighted by Gasteiger charge is -2.14. The molecule has 0 atom stereocenters. The predicted molar refractivity (Wildman–Crippen MR) is 108 cm³/mol. The molecule has 1 N–H and O–H groups in total. The van der Waals surface area contributed by atoms with E-state index in [0.29, 0.717) is 6.07 Å². The molecule has 0 bridgehead atoms. The lowest BCUT2D eigenvalue weighted by molar-refractivity contribution is 0.144. The normalized spacial score (nSPS) is 12.6. The number of carbonyl (C=O) groups excluding carboxylic acids is 1. The third-order valence-corrected chi connectivity index (χ3v) is 5.03. The Bertz CT molecular complexity index is 1080. The highest BCUT2D eigenvalue weighted by molar-refractivity contribution is 5.79. The van der Waals surface area contributed by atoms with E-state index < -0.39 is 23.5 Å². The van der Waals surface area contributed by atoms with Gasteiger partial charge in [-0.3, -0.25) is 0 Å². The summed E-state index contributed by atoms with van der Waals surface area (Å²) in [5.74, 6) is -3.34. The van der Waals surface area contributed by atoms with Gasteiger partial charge < -0.3 is 10.1 Å². The van der Waals surface area contributed by atoms with Crippen LogP contribution in [-0.4, -0.2) is 19.2 Å². The molecule has 0 spiro atoms. The minimum atomic E-state index is -1.26. The number of alkyl carbamates (subject to hydrolysis) is 1. The minimum Gasteiger partial charge on any atom is -0.449 e. The van der Waals surface area contributed by atoms with E-state index in [1.54, 1.807) is 0 Å². The monoisotopic (exact) mass is 409 g/mol. The number of halogens is 3. The second kappa shape index (κ2) is 8.45. The zero-order valence-corrected chi connectivity index (χ0v) is 15.9. The molecule has 3 nitrogen and oxygen atoms in total. The van der Waals surface area contributed by atoms with Crippen molar-refractivity contribution in [2.75, 3.05) is 13.2 Å².